The van der Waals surface area contributed by atoms with Crippen LogP contribution < -0.4 is 0 Å². The van der Waals surface area contributed by atoms with E-state index < -0.39 is 9.84 Å². The number of thiocarbonyl (C=S) groups is 1. The van der Waals surface area contributed by atoms with Crippen LogP contribution in [-0.4, -0.2) is 60.4 Å². The molecule has 1 unspecified atom stereocenters. The molecule has 1 aromatic carbocycles. The van der Waals surface area contributed by atoms with Gasteiger partial charge in [-0.05, 0) is 36.2 Å². The van der Waals surface area contributed by atoms with E-state index in [-0.39, 0.29) is 16.8 Å². The fourth-order valence-electron chi connectivity index (χ4n) is 3.17. The minimum atomic E-state index is -3.23. The number of sulfone groups is 1. The first kappa shape index (κ1) is 19.9. The first-order chi connectivity index (χ1) is 12.8. The lowest BCUT2D eigenvalue weighted by Gasteiger charge is -2.41. The van der Waals surface area contributed by atoms with E-state index in [1.54, 1.807) is 41.3 Å². The van der Waals surface area contributed by atoms with Crippen LogP contribution in [0, 0.1) is 0 Å². The van der Waals surface area contributed by atoms with Gasteiger partial charge in [0.25, 0.3) is 5.91 Å². The van der Waals surface area contributed by atoms with Crippen molar-refractivity contribution in [2.45, 2.75) is 17.4 Å². The molecular formula is C18H20N2O4S3. The molecule has 0 saturated carbocycles. The number of rotatable bonds is 4. The summed E-state index contributed by atoms with van der Waals surface area (Å²) in [7, 11) is -3.23. The van der Waals surface area contributed by atoms with E-state index in [2.05, 4.69) is 12.6 Å². The molecule has 0 aliphatic carbocycles. The van der Waals surface area contributed by atoms with Crippen molar-refractivity contribution in [3.05, 3.63) is 54.0 Å². The van der Waals surface area contributed by atoms with Crippen LogP contribution in [0.25, 0.3) is 0 Å². The van der Waals surface area contributed by atoms with Crippen molar-refractivity contribution < 1.29 is 17.6 Å². The van der Waals surface area contributed by atoms with Gasteiger partial charge in [0, 0.05) is 25.9 Å². The van der Waals surface area contributed by atoms with E-state index in [9.17, 15) is 13.2 Å². The predicted molar refractivity (Wildman–Crippen MR) is 110 cm³/mol. The first-order valence-corrected chi connectivity index (χ1v) is 11.1. The Balaban J connectivity index is 1.77. The zero-order valence-corrected chi connectivity index (χ0v) is 17.3. The van der Waals surface area contributed by atoms with Crippen molar-refractivity contribution in [1.29, 1.82) is 0 Å². The van der Waals surface area contributed by atoms with Gasteiger partial charge in [0.15, 0.2) is 15.6 Å². The van der Waals surface area contributed by atoms with E-state index >= 15 is 0 Å². The highest BCUT2D eigenvalue weighted by molar-refractivity contribution is 8.10. The summed E-state index contributed by atoms with van der Waals surface area (Å²) in [5.41, 5.74) is 0.967. The summed E-state index contributed by atoms with van der Waals surface area (Å²) in [5, 5.41) is 0. The van der Waals surface area contributed by atoms with Crippen LogP contribution in [0.15, 0.2) is 52.0 Å². The van der Waals surface area contributed by atoms with Crippen molar-refractivity contribution in [1.82, 2.24) is 9.80 Å². The number of furan rings is 1. The molecule has 1 fully saturated rings. The third-order valence-electron chi connectivity index (χ3n) is 4.57. The Hall–Kier alpha value is -1.84. The zero-order chi connectivity index (χ0) is 19.6. The second-order valence-corrected chi connectivity index (χ2v) is 9.61. The largest absolute Gasteiger partial charge is 0.459 e. The average molecular weight is 425 g/mol. The highest BCUT2D eigenvalue weighted by Crippen LogP contribution is 2.20. The van der Waals surface area contributed by atoms with Gasteiger partial charge >= 0.3 is 0 Å². The maximum Gasteiger partial charge on any atom is 0.289 e. The van der Waals surface area contributed by atoms with Gasteiger partial charge in [-0.1, -0.05) is 24.4 Å². The van der Waals surface area contributed by atoms with E-state index in [1.165, 1.54) is 12.5 Å². The first-order valence-electron chi connectivity index (χ1n) is 8.37. The topological polar surface area (TPSA) is 70.8 Å². The Morgan fingerprint density at radius 2 is 1.96 bits per heavy atom. The number of amides is 1. The molecule has 144 valence electrons. The van der Waals surface area contributed by atoms with Crippen LogP contribution >= 0.6 is 24.8 Å². The molecule has 1 aliphatic rings. The van der Waals surface area contributed by atoms with Crippen molar-refractivity contribution in [3.63, 3.8) is 0 Å². The molecular weight excluding hydrogens is 404 g/mol. The maximum absolute atomic E-state index is 12.6. The number of benzene rings is 1. The molecule has 27 heavy (non-hydrogen) atoms. The minimum Gasteiger partial charge on any atom is -0.459 e. The minimum absolute atomic E-state index is 0.0493. The summed E-state index contributed by atoms with van der Waals surface area (Å²) in [4.78, 5) is 16.6. The van der Waals surface area contributed by atoms with Gasteiger partial charge < -0.3 is 14.2 Å². The molecule has 1 atom stereocenters. The third-order valence-corrected chi connectivity index (χ3v) is 6.19. The van der Waals surface area contributed by atoms with Crippen molar-refractivity contribution in [2.75, 3.05) is 25.9 Å². The molecule has 0 N–H and O–H groups in total. The van der Waals surface area contributed by atoms with Crippen LogP contribution in [0.4, 0.5) is 0 Å². The maximum atomic E-state index is 12.6. The molecule has 3 rings (SSSR count). The van der Waals surface area contributed by atoms with E-state index in [0.29, 0.717) is 36.1 Å². The second kappa shape index (κ2) is 8.04. The summed E-state index contributed by atoms with van der Waals surface area (Å²) in [6, 6.07) is 10.1. The Bertz CT molecular complexity index is 924. The number of nitrogens with zero attached hydrogens (tertiary/aromatic N) is 2. The Morgan fingerprint density at radius 3 is 2.52 bits per heavy atom. The highest BCUT2D eigenvalue weighted by atomic mass is 32.2. The molecule has 6 nitrogen and oxygen atoms in total. The van der Waals surface area contributed by atoms with Gasteiger partial charge in [-0.2, -0.15) is 0 Å². The van der Waals surface area contributed by atoms with E-state index in [4.69, 9.17) is 16.6 Å². The SMILES string of the molecule is CS(=O)(=O)c1ccc(CC2CN(C(=O)c3ccco3)CCN2C(=S)S)cc1. The quantitative estimate of drug-likeness (QED) is 0.600. The van der Waals surface area contributed by atoms with Crippen LogP contribution in [0.3, 0.4) is 0 Å². The molecule has 2 heterocycles. The summed E-state index contributed by atoms with van der Waals surface area (Å²) in [5.74, 6) is 0.162. The number of hydrogen-bond acceptors (Lipinski definition) is 5. The standard InChI is InChI=1S/C18H20N2O4S3/c1-27(22,23)15-6-4-13(5-7-15)11-14-12-19(8-9-20(14)18(25)26)17(21)16-3-2-10-24-16/h2-7,10,14H,8-9,11-12H2,1H3,(H,25,26). The molecule has 0 radical (unpaired) electrons. The summed E-state index contributed by atoms with van der Waals surface area (Å²) in [6.07, 6.45) is 3.28. The molecule has 1 aromatic heterocycles. The van der Waals surface area contributed by atoms with Gasteiger partial charge in [-0.3, -0.25) is 4.79 Å². The fourth-order valence-corrected chi connectivity index (χ4v) is 4.30. The lowest BCUT2D eigenvalue weighted by atomic mass is 10.0. The average Bonchev–Trinajstić information content (AvgIpc) is 3.15. The fraction of sp³-hybridized carbons (Fsp3) is 0.333. The monoisotopic (exact) mass is 424 g/mol. The number of thiol groups is 1. The van der Waals surface area contributed by atoms with Gasteiger partial charge in [-0.15, -0.1) is 12.6 Å². The predicted octanol–water partition coefficient (Wildman–Crippen LogP) is 2.27. The van der Waals surface area contributed by atoms with Crippen LogP contribution in [-0.2, 0) is 16.3 Å². The Morgan fingerprint density at radius 1 is 1.26 bits per heavy atom. The highest BCUT2D eigenvalue weighted by Gasteiger charge is 2.31. The zero-order valence-electron chi connectivity index (χ0n) is 14.7. The lowest BCUT2D eigenvalue weighted by Crippen LogP contribution is -2.56. The van der Waals surface area contributed by atoms with E-state index in [1.807, 2.05) is 4.90 Å². The molecule has 0 bridgehead atoms. The normalized spacial score (nSPS) is 17.8. The van der Waals surface area contributed by atoms with E-state index in [0.717, 1.165) is 5.56 Å². The van der Waals surface area contributed by atoms with Crippen LogP contribution in [0.1, 0.15) is 16.1 Å². The third kappa shape index (κ3) is 4.72. The summed E-state index contributed by atoms with van der Waals surface area (Å²) in [6.45, 7) is 1.60. The molecule has 9 heteroatoms. The summed E-state index contributed by atoms with van der Waals surface area (Å²) >= 11 is 9.57. The number of carbonyl (C=O) groups is 1. The molecule has 1 saturated heterocycles. The van der Waals surface area contributed by atoms with Gasteiger partial charge in [0.1, 0.15) is 4.32 Å². The molecule has 0 spiro atoms. The van der Waals surface area contributed by atoms with Crippen molar-refractivity contribution >= 4 is 44.9 Å². The second-order valence-electron chi connectivity index (χ2n) is 6.48. The van der Waals surface area contributed by atoms with Crippen LogP contribution in [0.5, 0.6) is 0 Å². The van der Waals surface area contributed by atoms with Gasteiger partial charge in [0.2, 0.25) is 0 Å². The summed E-state index contributed by atoms with van der Waals surface area (Å²) < 4.78 is 28.9. The van der Waals surface area contributed by atoms with Gasteiger partial charge in [0.05, 0.1) is 17.2 Å². The molecule has 2 aromatic rings. The number of carbonyl (C=O) groups excluding carboxylic acids is 1. The number of piperazine rings is 1. The van der Waals surface area contributed by atoms with Crippen molar-refractivity contribution in [2.24, 2.45) is 0 Å². The van der Waals surface area contributed by atoms with Gasteiger partial charge in [-0.25, -0.2) is 8.42 Å². The number of hydrogen-bond donors (Lipinski definition) is 1. The van der Waals surface area contributed by atoms with Crippen molar-refractivity contribution in [3.8, 4) is 0 Å². The Labute approximate surface area is 169 Å². The Kier molecular flexibility index (Phi) is 5.92. The smallest absolute Gasteiger partial charge is 0.289 e. The lowest BCUT2D eigenvalue weighted by molar-refractivity contribution is 0.0589. The molecule has 1 aliphatic heterocycles. The molecule has 1 amide bonds. The van der Waals surface area contributed by atoms with Crippen LogP contribution in [0.2, 0.25) is 0 Å².